The summed E-state index contributed by atoms with van der Waals surface area (Å²) in [6, 6.07) is 12.9. The van der Waals surface area contributed by atoms with E-state index in [0.29, 0.717) is 5.76 Å². The highest BCUT2D eigenvalue weighted by molar-refractivity contribution is 7.92. The fraction of sp³-hybridized carbons (Fsp3) is 0.333. The van der Waals surface area contributed by atoms with Crippen LogP contribution >= 0.6 is 12.2 Å². The third-order valence-electron chi connectivity index (χ3n) is 6.39. The Morgan fingerprint density at radius 2 is 1.53 bits per heavy atom. The van der Waals surface area contributed by atoms with Gasteiger partial charge in [-0.15, -0.1) is 0 Å². The molecule has 0 unspecified atom stereocenters. The van der Waals surface area contributed by atoms with Crippen LogP contribution in [0.2, 0.25) is 0 Å². The zero-order chi connectivity index (χ0) is 23.4. The van der Waals surface area contributed by atoms with Gasteiger partial charge in [0.15, 0.2) is 12.2 Å². The van der Waals surface area contributed by atoms with Crippen molar-refractivity contribution in [1.82, 2.24) is 4.83 Å². The van der Waals surface area contributed by atoms with Crippen molar-refractivity contribution in [2.45, 2.75) is 51.4 Å². The van der Waals surface area contributed by atoms with E-state index in [2.05, 4.69) is 75.5 Å². The molecular weight excluding hydrogens is 416 g/mol. The van der Waals surface area contributed by atoms with Crippen molar-refractivity contribution in [3.8, 4) is 0 Å². The number of hydrazine groups is 1. The Bertz CT molecular complexity index is 1020. The van der Waals surface area contributed by atoms with Crippen LogP contribution in [0.25, 0.3) is 24.0 Å². The lowest BCUT2D eigenvalue weighted by molar-refractivity contribution is 0.332. The second-order valence-electron chi connectivity index (χ2n) is 9.48. The maximum Gasteiger partial charge on any atom is 0.158 e. The van der Waals surface area contributed by atoms with Gasteiger partial charge < -0.3 is 8.92 Å². The highest BCUT2D eigenvalue weighted by atomic mass is 32.2. The van der Waals surface area contributed by atoms with Crippen molar-refractivity contribution in [1.29, 1.82) is 0 Å². The van der Waals surface area contributed by atoms with E-state index >= 15 is 0 Å². The highest BCUT2D eigenvalue weighted by Crippen LogP contribution is 2.47. The topological polar surface area (TPSA) is 56.5 Å². The van der Waals surface area contributed by atoms with Crippen LogP contribution in [0, 0.1) is 0 Å². The summed E-state index contributed by atoms with van der Waals surface area (Å²) in [5, 5.41) is 0. The lowest BCUT2D eigenvalue weighted by Crippen LogP contribution is -2.34. The minimum Gasteiger partial charge on any atom is -0.497 e. The summed E-state index contributed by atoms with van der Waals surface area (Å²) in [6.07, 6.45) is 10.3. The average Bonchev–Trinajstić information content (AvgIpc) is 2.78. The van der Waals surface area contributed by atoms with Gasteiger partial charge in [0.25, 0.3) is 0 Å². The summed E-state index contributed by atoms with van der Waals surface area (Å²) in [7, 11) is 1.63. The maximum atomic E-state index is 5.34. The molecule has 0 saturated heterocycles. The summed E-state index contributed by atoms with van der Waals surface area (Å²) >= 11 is 0.983. The van der Waals surface area contributed by atoms with E-state index in [-0.39, 0.29) is 10.8 Å². The summed E-state index contributed by atoms with van der Waals surface area (Å²) in [5.41, 5.74) is 7.50. The Morgan fingerprint density at radius 3 is 2.06 bits per heavy atom. The van der Waals surface area contributed by atoms with Gasteiger partial charge in [-0.3, -0.25) is 5.84 Å². The predicted molar refractivity (Wildman–Crippen MR) is 138 cm³/mol. The first-order chi connectivity index (χ1) is 15.2. The molecule has 0 saturated carbocycles. The van der Waals surface area contributed by atoms with Gasteiger partial charge in [-0.05, 0) is 57.6 Å². The molecule has 0 aliphatic heterocycles. The lowest BCUT2D eigenvalue weighted by atomic mass is 9.62. The van der Waals surface area contributed by atoms with Crippen molar-refractivity contribution in [3.05, 3.63) is 82.6 Å². The summed E-state index contributed by atoms with van der Waals surface area (Å²) in [5.74, 6) is 5.94. The molecule has 2 aromatic rings. The van der Waals surface area contributed by atoms with E-state index in [1.54, 1.807) is 13.4 Å². The molecule has 0 bridgehead atoms. The summed E-state index contributed by atoms with van der Waals surface area (Å²) in [6.45, 7) is 13.3. The van der Waals surface area contributed by atoms with Crippen LogP contribution in [-0.4, -0.2) is 7.11 Å². The predicted octanol–water partition coefficient (Wildman–Crippen LogP) is 6.84. The largest absolute Gasteiger partial charge is 0.497 e. The second-order valence-corrected chi connectivity index (χ2v) is 10.1. The number of fused-ring (bicyclic) bond motifs is 1. The number of methoxy groups -OCH3 is 1. The third-order valence-corrected chi connectivity index (χ3v) is 6.69. The Morgan fingerprint density at radius 1 is 0.969 bits per heavy atom. The fourth-order valence-electron chi connectivity index (χ4n) is 4.18. The smallest absolute Gasteiger partial charge is 0.158 e. The van der Waals surface area contributed by atoms with Gasteiger partial charge in [0.05, 0.1) is 7.11 Å². The Balaban J connectivity index is 2.01. The fourth-order valence-corrected chi connectivity index (χ4v) is 4.34. The van der Waals surface area contributed by atoms with E-state index in [4.69, 9.17) is 14.8 Å². The van der Waals surface area contributed by atoms with Crippen LogP contribution in [0.5, 0.6) is 0 Å². The van der Waals surface area contributed by atoms with Gasteiger partial charge in [-0.25, -0.2) is 0 Å². The van der Waals surface area contributed by atoms with Crippen molar-refractivity contribution in [2.24, 2.45) is 5.84 Å². The van der Waals surface area contributed by atoms with Gasteiger partial charge >= 0.3 is 0 Å². The maximum absolute atomic E-state index is 5.34. The van der Waals surface area contributed by atoms with Crippen LogP contribution in [0.1, 0.15) is 73.9 Å². The third kappa shape index (κ3) is 5.47. The number of nitrogens with one attached hydrogen (secondary N) is 1. The minimum absolute atomic E-state index is 0.143. The van der Waals surface area contributed by atoms with Crippen LogP contribution in [-0.2, 0) is 19.7 Å². The average molecular weight is 451 g/mol. The summed E-state index contributed by atoms with van der Waals surface area (Å²) in [4.78, 5) is 2.42. The molecule has 0 amide bonds. The van der Waals surface area contributed by atoms with Crippen LogP contribution in [0.4, 0.5) is 0 Å². The van der Waals surface area contributed by atoms with E-state index in [0.717, 1.165) is 34.5 Å². The molecule has 2 aromatic carbocycles. The quantitative estimate of drug-likeness (QED) is 0.0877. The van der Waals surface area contributed by atoms with Crippen LogP contribution < -0.4 is 10.7 Å². The molecule has 3 N–H and O–H groups in total. The van der Waals surface area contributed by atoms with E-state index < -0.39 is 0 Å². The minimum atomic E-state index is 0.143. The normalized spacial score (nSPS) is 16.8. The van der Waals surface area contributed by atoms with Crippen LogP contribution in [0.3, 0.4) is 0 Å². The van der Waals surface area contributed by atoms with Gasteiger partial charge in [0.2, 0.25) is 0 Å². The molecule has 0 heterocycles. The van der Waals surface area contributed by atoms with E-state index in [1.807, 2.05) is 18.2 Å². The van der Waals surface area contributed by atoms with Crippen molar-refractivity contribution in [2.75, 3.05) is 7.11 Å². The molecule has 0 radical (unpaired) electrons. The molecular formula is C27H34N2O2S. The lowest BCUT2D eigenvalue weighted by Gasteiger charge is -2.42. The Kier molecular flexibility index (Phi) is 7.55. The monoisotopic (exact) mass is 450 g/mol. The van der Waals surface area contributed by atoms with Gasteiger partial charge in [-0.1, -0.05) is 82.8 Å². The SMILES string of the molecule is C=C(OC)c1ccc(/C=C/c2cc3c(cc2/C=C\OSNN)C(C)(C)CCC3(C)C)cc1. The number of rotatable bonds is 8. The molecule has 4 nitrogen and oxygen atoms in total. The summed E-state index contributed by atoms with van der Waals surface area (Å²) < 4.78 is 10.6. The molecule has 32 heavy (non-hydrogen) atoms. The molecule has 1 aliphatic rings. The van der Waals surface area contributed by atoms with Crippen molar-refractivity contribution >= 4 is 36.2 Å². The van der Waals surface area contributed by atoms with Crippen molar-refractivity contribution < 1.29 is 8.92 Å². The van der Waals surface area contributed by atoms with E-state index in [9.17, 15) is 0 Å². The first kappa shape index (κ1) is 24.2. The van der Waals surface area contributed by atoms with Gasteiger partial charge in [-0.2, -0.15) is 4.83 Å². The Hall–Kier alpha value is -2.47. The van der Waals surface area contributed by atoms with Gasteiger partial charge in [0, 0.05) is 5.56 Å². The second kappa shape index (κ2) is 9.99. The van der Waals surface area contributed by atoms with Crippen molar-refractivity contribution in [3.63, 3.8) is 0 Å². The molecule has 170 valence electrons. The zero-order valence-corrected chi connectivity index (χ0v) is 20.5. The molecule has 3 rings (SSSR count). The molecule has 1 aliphatic carbocycles. The molecule has 0 fully saturated rings. The van der Waals surface area contributed by atoms with Gasteiger partial charge in [0.1, 0.15) is 12.0 Å². The number of nitrogens with two attached hydrogens (primary N) is 1. The molecule has 0 aromatic heterocycles. The van der Waals surface area contributed by atoms with Crippen LogP contribution in [0.15, 0.2) is 49.2 Å². The number of ether oxygens (including phenoxy) is 1. The Labute approximate surface area is 196 Å². The standard InChI is InChI=1S/C27H34N2O2S/c1-19(30-6)21-10-7-20(8-11-21)9-12-22-17-24-25(18-23(22)13-16-31-32-29-28)27(4,5)15-14-26(24,2)3/h7-13,16-18,29H,1,14-15,28H2,2-6H3/b12-9+,16-13-. The zero-order valence-electron chi connectivity index (χ0n) is 19.7. The first-order valence-electron chi connectivity index (χ1n) is 10.8. The molecule has 0 atom stereocenters. The van der Waals surface area contributed by atoms with E-state index in [1.165, 1.54) is 24.0 Å². The first-order valence-corrected chi connectivity index (χ1v) is 11.6. The number of benzene rings is 2. The highest BCUT2D eigenvalue weighted by Gasteiger charge is 2.37. The number of hydrogen-bond acceptors (Lipinski definition) is 5. The number of hydrogen-bond donors (Lipinski definition) is 2. The molecule has 0 spiro atoms. The molecule has 5 heteroatoms.